The molecule has 21 heavy (non-hydrogen) atoms. The Labute approximate surface area is 130 Å². The van der Waals surface area contributed by atoms with Crippen LogP contribution in [0.5, 0.6) is 5.75 Å². The van der Waals surface area contributed by atoms with Gasteiger partial charge in [0.15, 0.2) is 0 Å². The van der Waals surface area contributed by atoms with Gasteiger partial charge < -0.3 is 9.64 Å². The van der Waals surface area contributed by atoms with Crippen LogP contribution < -0.4 is 4.74 Å². The van der Waals surface area contributed by atoms with Crippen molar-refractivity contribution >= 4 is 0 Å². The van der Waals surface area contributed by atoms with Gasteiger partial charge in [0.25, 0.3) is 0 Å². The Morgan fingerprint density at radius 1 is 1.19 bits per heavy atom. The van der Waals surface area contributed by atoms with Gasteiger partial charge in [0.2, 0.25) is 0 Å². The molecule has 0 bridgehead atoms. The maximum Gasteiger partial charge on any atom is 0.122 e. The number of methoxy groups -OCH3 is 1. The van der Waals surface area contributed by atoms with Crippen molar-refractivity contribution < 1.29 is 4.74 Å². The predicted molar refractivity (Wildman–Crippen MR) is 90.1 cm³/mol. The highest BCUT2D eigenvalue weighted by Crippen LogP contribution is 2.39. The van der Waals surface area contributed by atoms with Gasteiger partial charge in [-0.15, -0.1) is 0 Å². The summed E-state index contributed by atoms with van der Waals surface area (Å²) in [5, 5.41) is 0. The average Bonchev–Trinajstić information content (AvgIpc) is 2.49. The Morgan fingerprint density at radius 2 is 1.86 bits per heavy atom. The lowest BCUT2D eigenvalue weighted by Crippen LogP contribution is -2.41. The van der Waals surface area contributed by atoms with E-state index in [9.17, 15) is 0 Å². The molecular weight excluding hydrogens is 258 g/mol. The third-order valence-electron chi connectivity index (χ3n) is 4.97. The highest BCUT2D eigenvalue weighted by molar-refractivity contribution is 5.39. The molecule has 0 N–H and O–H groups in total. The van der Waals surface area contributed by atoms with Gasteiger partial charge in [-0.25, -0.2) is 0 Å². The van der Waals surface area contributed by atoms with Crippen LogP contribution in [0.4, 0.5) is 0 Å². The van der Waals surface area contributed by atoms with E-state index in [0.29, 0.717) is 0 Å². The van der Waals surface area contributed by atoms with Crippen molar-refractivity contribution in [3.8, 4) is 5.75 Å². The maximum absolute atomic E-state index is 5.57. The Bertz CT molecular complexity index is 433. The fourth-order valence-electron chi connectivity index (χ4n) is 3.41. The molecule has 1 saturated heterocycles. The van der Waals surface area contributed by atoms with Gasteiger partial charge in [0, 0.05) is 5.56 Å². The Kier molecular flexibility index (Phi) is 5.69. The van der Waals surface area contributed by atoms with E-state index in [1.54, 1.807) is 7.11 Å². The number of likely N-dealkylation sites (tertiary alicyclic amines) is 1. The molecule has 0 unspecified atom stereocenters. The van der Waals surface area contributed by atoms with Crippen LogP contribution in [0.25, 0.3) is 0 Å². The van der Waals surface area contributed by atoms with Gasteiger partial charge in [-0.1, -0.05) is 39.0 Å². The van der Waals surface area contributed by atoms with Crippen LogP contribution in [0.2, 0.25) is 0 Å². The summed E-state index contributed by atoms with van der Waals surface area (Å²) in [7, 11) is 1.78. The molecule has 2 heteroatoms. The first-order valence-electron chi connectivity index (χ1n) is 8.41. The van der Waals surface area contributed by atoms with Gasteiger partial charge in [-0.2, -0.15) is 0 Å². The first-order chi connectivity index (χ1) is 10.0. The van der Waals surface area contributed by atoms with E-state index < -0.39 is 0 Å². The predicted octanol–water partition coefficient (Wildman–Crippen LogP) is 4.48. The molecule has 0 spiro atoms. The SMILES string of the molecule is COc1ccccc1C1(C)CCN(CCCC(C)C)CC1. The summed E-state index contributed by atoms with van der Waals surface area (Å²) in [5.41, 5.74) is 1.65. The molecule has 0 aromatic heterocycles. The van der Waals surface area contributed by atoms with Crippen molar-refractivity contribution in [2.45, 2.75) is 51.9 Å². The summed E-state index contributed by atoms with van der Waals surface area (Å²) in [6.07, 6.45) is 5.15. The summed E-state index contributed by atoms with van der Waals surface area (Å²) in [6, 6.07) is 8.54. The smallest absolute Gasteiger partial charge is 0.122 e. The molecule has 0 radical (unpaired) electrons. The molecule has 0 amide bonds. The van der Waals surface area contributed by atoms with Gasteiger partial charge in [-0.3, -0.25) is 0 Å². The summed E-state index contributed by atoms with van der Waals surface area (Å²) >= 11 is 0. The van der Waals surface area contributed by atoms with Crippen LogP contribution in [0, 0.1) is 5.92 Å². The number of para-hydroxylation sites is 1. The van der Waals surface area contributed by atoms with Gasteiger partial charge in [0.05, 0.1) is 7.11 Å². The molecule has 1 fully saturated rings. The monoisotopic (exact) mass is 289 g/mol. The van der Waals surface area contributed by atoms with E-state index in [0.717, 1.165) is 11.7 Å². The minimum atomic E-state index is 0.265. The van der Waals surface area contributed by atoms with Crippen molar-refractivity contribution in [1.82, 2.24) is 4.90 Å². The summed E-state index contributed by atoms with van der Waals surface area (Å²) in [5.74, 6) is 1.88. The lowest BCUT2D eigenvalue weighted by molar-refractivity contribution is 0.162. The number of nitrogens with zero attached hydrogens (tertiary/aromatic N) is 1. The largest absolute Gasteiger partial charge is 0.496 e. The molecule has 2 nitrogen and oxygen atoms in total. The molecular formula is C19H31NO. The second kappa shape index (κ2) is 7.31. The van der Waals surface area contributed by atoms with Gasteiger partial charge >= 0.3 is 0 Å². The van der Waals surface area contributed by atoms with Crippen LogP contribution in [-0.2, 0) is 5.41 Å². The maximum atomic E-state index is 5.57. The molecule has 1 aromatic carbocycles. The van der Waals surface area contributed by atoms with Gasteiger partial charge in [0.1, 0.15) is 5.75 Å². The van der Waals surface area contributed by atoms with E-state index in [2.05, 4.69) is 49.9 Å². The lowest BCUT2D eigenvalue weighted by atomic mass is 9.74. The zero-order chi connectivity index (χ0) is 15.3. The van der Waals surface area contributed by atoms with Crippen molar-refractivity contribution in [2.75, 3.05) is 26.7 Å². The first-order valence-corrected chi connectivity index (χ1v) is 8.41. The molecule has 1 heterocycles. The second-order valence-corrected chi connectivity index (χ2v) is 7.14. The molecule has 0 atom stereocenters. The van der Waals surface area contributed by atoms with Crippen molar-refractivity contribution in [3.63, 3.8) is 0 Å². The van der Waals surface area contributed by atoms with Crippen molar-refractivity contribution in [2.24, 2.45) is 5.92 Å². The number of hydrogen-bond donors (Lipinski definition) is 0. The van der Waals surface area contributed by atoms with Crippen LogP contribution in [0.15, 0.2) is 24.3 Å². The van der Waals surface area contributed by atoms with Crippen molar-refractivity contribution in [1.29, 1.82) is 0 Å². The third kappa shape index (κ3) is 4.23. The quantitative estimate of drug-likeness (QED) is 0.765. The van der Waals surface area contributed by atoms with Crippen LogP contribution in [0.1, 0.15) is 52.0 Å². The molecule has 1 aromatic rings. The molecule has 2 rings (SSSR count). The fourth-order valence-corrected chi connectivity index (χ4v) is 3.41. The highest BCUT2D eigenvalue weighted by atomic mass is 16.5. The lowest BCUT2D eigenvalue weighted by Gasteiger charge is -2.40. The fraction of sp³-hybridized carbons (Fsp3) is 0.684. The molecule has 0 saturated carbocycles. The Morgan fingerprint density at radius 3 is 2.48 bits per heavy atom. The van der Waals surface area contributed by atoms with Crippen LogP contribution >= 0.6 is 0 Å². The Hall–Kier alpha value is -1.02. The van der Waals surface area contributed by atoms with Gasteiger partial charge in [-0.05, 0) is 62.7 Å². The number of piperidine rings is 1. The summed E-state index contributed by atoms with van der Waals surface area (Å²) in [4.78, 5) is 2.64. The normalized spacial score (nSPS) is 18.9. The summed E-state index contributed by atoms with van der Waals surface area (Å²) in [6.45, 7) is 10.7. The zero-order valence-corrected chi connectivity index (χ0v) is 14.2. The Balaban J connectivity index is 1.92. The molecule has 1 aliphatic rings. The third-order valence-corrected chi connectivity index (χ3v) is 4.97. The summed E-state index contributed by atoms with van der Waals surface area (Å²) < 4.78 is 5.57. The molecule has 1 aliphatic heterocycles. The number of ether oxygens (including phenoxy) is 1. The average molecular weight is 289 g/mol. The van der Waals surface area contributed by atoms with Crippen molar-refractivity contribution in [3.05, 3.63) is 29.8 Å². The van der Waals surface area contributed by atoms with E-state index in [1.807, 2.05) is 0 Å². The van der Waals surface area contributed by atoms with E-state index in [-0.39, 0.29) is 5.41 Å². The minimum absolute atomic E-state index is 0.265. The number of benzene rings is 1. The van der Waals surface area contributed by atoms with E-state index in [1.165, 1.54) is 50.9 Å². The minimum Gasteiger partial charge on any atom is -0.496 e. The van der Waals surface area contributed by atoms with E-state index >= 15 is 0 Å². The topological polar surface area (TPSA) is 12.5 Å². The number of hydrogen-bond acceptors (Lipinski definition) is 2. The first kappa shape index (κ1) is 16.4. The second-order valence-electron chi connectivity index (χ2n) is 7.14. The molecule has 118 valence electrons. The molecule has 0 aliphatic carbocycles. The highest BCUT2D eigenvalue weighted by Gasteiger charge is 2.33. The van der Waals surface area contributed by atoms with Crippen LogP contribution in [0.3, 0.4) is 0 Å². The number of rotatable bonds is 6. The zero-order valence-electron chi connectivity index (χ0n) is 14.2. The standard InChI is InChI=1S/C19H31NO/c1-16(2)8-7-13-20-14-11-19(3,12-15-20)17-9-5-6-10-18(17)21-4/h5-6,9-10,16H,7-8,11-15H2,1-4H3. The van der Waals surface area contributed by atoms with Crippen LogP contribution in [-0.4, -0.2) is 31.6 Å². The van der Waals surface area contributed by atoms with E-state index in [4.69, 9.17) is 4.74 Å².